The highest BCUT2D eigenvalue weighted by molar-refractivity contribution is 7.89. The van der Waals surface area contributed by atoms with Gasteiger partial charge in [-0.05, 0) is 6.92 Å². The Balaban J connectivity index is 1.82. The second-order valence-electron chi connectivity index (χ2n) is 5.84. The zero-order valence-electron chi connectivity index (χ0n) is 13.2. The molecule has 0 amide bonds. The van der Waals surface area contributed by atoms with Crippen LogP contribution < -0.4 is 4.90 Å². The summed E-state index contributed by atoms with van der Waals surface area (Å²) >= 11 is 0. The molecule has 3 rings (SSSR count). The quantitative estimate of drug-likeness (QED) is 0.748. The van der Waals surface area contributed by atoms with Gasteiger partial charge in [0.2, 0.25) is 10.0 Å². The lowest BCUT2D eigenvalue weighted by Gasteiger charge is -2.42. The molecule has 1 unspecified atom stereocenters. The zero-order valence-corrected chi connectivity index (χ0v) is 14.0. The first-order chi connectivity index (χ1) is 11.0. The van der Waals surface area contributed by atoms with Gasteiger partial charge in [-0.3, -0.25) is 0 Å². The second-order valence-corrected chi connectivity index (χ2v) is 8.09. The van der Waals surface area contributed by atoms with Crippen molar-refractivity contribution in [3.05, 3.63) is 18.7 Å². The number of hydrogen-bond donors (Lipinski definition) is 0. The number of ether oxygens (including phenoxy) is 2. The van der Waals surface area contributed by atoms with Gasteiger partial charge in [0.15, 0.2) is 0 Å². The number of rotatable bonds is 3. The topological polar surface area (TPSA) is 84.9 Å². The lowest BCUT2D eigenvalue weighted by Crippen LogP contribution is -2.60. The third-order valence-corrected chi connectivity index (χ3v) is 6.06. The van der Waals surface area contributed by atoms with Gasteiger partial charge < -0.3 is 14.4 Å². The minimum atomic E-state index is -3.24. The van der Waals surface area contributed by atoms with E-state index in [-0.39, 0.29) is 5.75 Å². The van der Waals surface area contributed by atoms with Crippen LogP contribution in [0, 0.1) is 0 Å². The van der Waals surface area contributed by atoms with Gasteiger partial charge in [0.05, 0.1) is 50.2 Å². The normalized spacial score (nSPS) is 27.1. The van der Waals surface area contributed by atoms with Crippen molar-refractivity contribution in [1.29, 1.82) is 0 Å². The molecule has 2 fully saturated rings. The molecule has 0 aliphatic carbocycles. The predicted molar refractivity (Wildman–Crippen MR) is 84.8 cm³/mol. The average Bonchev–Trinajstić information content (AvgIpc) is 2.78. The van der Waals surface area contributed by atoms with Crippen molar-refractivity contribution < 1.29 is 17.9 Å². The van der Waals surface area contributed by atoms with E-state index in [4.69, 9.17) is 9.47 Å². The first-order valence-corrected chi connectivity index (χ1v) is 9.35. The third-order valence-electron chi connectivity index (χ3n) is 4.23. The lowest BCUT2D eigenvalue weighted by molar-refractivity contribution is -0.116. The Kier molecular flexibility index (Phi) is 4.81. The van der Waals surface area contributed by atoms with Crippen molar-refractivity contribution in [2.45, 2.75) is 12.5 Å². The summed E-state index contributed by atoms with van der Waals surface area (Å²) in [5.41, 5.74) is 0.226. The maximum Gasteiger partial charge on any atom is 0.214 e. The number of hydrogen-bond acceptors (Lipinski definition) is 7. The molecule has 0 radical (unpaired) electrons. The number of aromatic nitrogens is 2. The molecular weight excluding hydrogens is 320 g/mol. The fourth-order valence-electron chi connectivity index (χ4n) is 2.99. The molecule has 0 saturated carbocycles. The van der Waals surface area contributed by atoms with E-state index in [1.165, 1.54) is 10.6 Å². The molecule has 9 heteroatoms. The lowest BCUT2D eigenvalue weighted by atomic mass is 10.0. The van der Waals surface area contributed by atoms with Crippen molar-refractivity contribution in [2.24, 2.45) is 0 Å². The van der Waals surface area contributed by atoms with E-state index in [9.17, 15) is 8.42 Å². The van der Waals surface area contributed by atoms with Gasteiger partial charge >= 0.3 is 0 Å². The number of morpholine rings is 1. The molecular formula is C14H22N4O4S. The smallest absolute Gasteiger partial charge is 0.214 e. The Morgan fingerprint density at radius 2 is 2.00 bits per heavy atom. The van der Waals surface area contributed by atoms with Crippen LogP contribution in [0.1, 0.15) is 6.92 Å². The van der Waals surface area contributed by atoms with Crippen molar-refractivity contribution in [3.63, 3.8) is 0 Å². The van der Waals surface area contributed by atoms with Crippen LogP contribution in [-0.2, 0) is 19.5 Å². The minimum absolute atomic E-state index is 0.0974. The Bertz CT molecular complexity index is 627. The van der Waals surface area contributed by atoms with Gasteiger partial charge in [-0.1, -0.05) is 0 Å². The first kappa shape index (κ1) is 16.6. The summed E-state index contributed by atoms with van der Waals surface area (Å²) in [4.78, 5) is 10.2. The summed E-state index contributed by atoms with van der Waals surface area (Å²) in [5, 5.41) is 0. The molecule has 1 spiro atoms. The largest absolute Gasteiger partial charge is 0.376 e. The summed E-state index contributed by atoms with van der Waals surface area (Å²) in [6.45, 7) is 4.93. The minimum Gasteiger partial charge on any atom is -0.376 e. The van der Waals surface area contributed by atoms with Gasteiger partial charge in [-0.25, -0.2) is 18.4 Å². The van der Waals surface area contributed by atoms with E-state index in [1.807, 2.05) is 0 Å². The fraction of sp³-hybridized carbons (Fsp3) is 0.714. The SMILES string of the molecule is CCS(=O)(=O)N1CCOC2(COCCN(c3cncnc3)C2)C1. The molecule has 0 aromatic carbocycles. The van der Waals surface area contributed by atoms with E-state index >= 15 is 0 Å². The van der Waals surface area contributed by atoms with Crippen molar-refractivity contribution in [3.8, 4) is 0 Å². The third kappa shape index (κ3) is 3.63. The van der Waals surface area contributed by atoms with E-state index in [0.717, 1.165) is 5.69 Å². The second kappa shape index (κ2) is 6.68. The molecule has 8 nitrogen and oxygen atoms in total. The van der Waals surface area contributed by atoms with E-state index in [2.05, 4.69) is 14.9 Å². The van der Waals surface area contributed by atoms with Crippen LogP contribution in [0.3, 0.4) is 0 Å². The van der Waals surface area contributed by atoms with Gasteiger partial charge in [0.25, 0.3) is 0 Å². The first-order valence-electron chi connectivity index (χ1n) is 7.74. The molecule has 3 heterocycles. The van der Waals surface area contributed by atoms with Crippen molar-refractivity contribution in [2.75, 3.05) is 56.7 Å². The van der Waals surface area contributed by atoms with Gasteiger partial charge in [0.1, 0.15) is 11.9 Å². The van der Waals surface area contributed by atoms with Crippen LogP contribution in [0.2, 0.25) is 0 Å². The fourth-order valence-corrected chi connectivity index (χ4v) is 4.14. The van der Waals surface area contributed by atoms with Crippen LogP contribution >= 0.6 is 0 Å². The van der Waals surface area contributed by atoms with Crippen LogP contribution in [-0.4, -0.2) is 80.0 Å². The standard InChI is InChI=1S/C14H22N4O4S/c1-2-23(19,20)18-4-6-22-14(10-18)9-17(3-5-21-11-14)13-7-15-12-16-8-13/h7-8,12H,2-6,9-11H2,1H3. The molecule has 0 N–H and O–H groups in total. The summed E-state index contributed by atoms with van der Waals surface area (Å²) in [6, 6.07) is 0. The Morgan fingerprint density at radius 3 is 2.74 bits per heavy atom. The number of nitrogens with zero attached hydrogens (tertiary/aromatic N) is 4. The molecule has 2 aliphatic rings. The predicted octanol–water partition coefficient (Wildman–Crippen LogP) is -0.266. The molecule has 1 aromatic heterocycles. The molecule has 23 heavy (non-hydrogen) atoms. The highest BCUT2D eigenvalue weighted by atomic mass is 32.2. The summed E-state index contributed by atoms with van der Waals surface area (Å²) in [6.07, 6.45) is 4.98. The molecule has 128 valence electrons. The highest BCUT2D eigenvalue weighted by Gasteiger charge is 2.43. The van der Waals surface area contributed by atoms with E-state index < -0.39 is 15.6 Å². The van der Waals surface area contributed by atoms with Crippen LogP contribution in [0.15, 0.2) is 18.7 Å². The monoisotopic (exact) mass is 342 g/mol. The van der Waals surface area contributed by atoms with Crippen molar-refractivity contribution >= 4 is 15.7 Å². The average molecular weight is 342 g/mol. The van der Waals surface area contributed by atoms with Crippen LogP contribution in [0.4, 0.5) is 5.69 Å². The number of anilines is 1. The molecule has 1 atom stereocenters. The van der Waals surface area contributed by atoms with Gasteiger partial charge in [-0.15, -0.1) is 0 Å². The Labute approximate surface area is 136 Å². The zero-order chi connectivity index (χ0) is 16.3. The Hall–Kier alpha value is -1.29. The van der Waals surface area contributed by atoms with Crippen molar-refractivity contribution in [1.82, 2.24) is 14.3 Å². The highest BCUT2D eigenvalue weighted by Crippen LogP contribution is 2.26. The van der Waals surface area contributed by atoms with Gasteiger partial charge in [0, 0.05) is 19.6 Å². The van der Waals surface area contributed by atoms with Crippen LogP contribution in [0.5, 0.6) is 0 Å². The summed E-state index contributed by atoms with van der Waals surface area (Å²) in [5.74, 6) is 0.0974. The molecule has 0 bridgehead atoms. The molecule has 1 aromatic rings. The maximum atomic E-state index is 12.2. The van der Waals surface area contributed by atoms with E-state index in [0.29, 0.717) is 46.0 Å². The summed E-state index contributed by atoms with van der Waals surface area (Å²) < 4.78 is 37.6. The summed E-state index contributed by atoms with van der Waals surface area (Å²) in [7, 11) is -3.24. The molecule has 2 saturated heterocycles. The number of sulfonamides is 1. The molecule has 2 aliphatic heterocycles. The van der Waals surface area contributed by atoms with E-state index in [1.54, 1.807) is 19.3 Å². The Morgan fingerprint density at radius 1 is 1.22 bits per heavy atom. The van der Waals surface area contributed by atoms with Crippen LogP contribution in [0.25, 0.3) is 0 Å². The van der Waals surface area contributed by atoms with Gasteiger partial charge in [-0.2, -0.15) is 4.31 Å². The maximum absolute atomic E-state index is 12.2.